The fraction of sp³-hybridized carbons (Fsp3) is 0.250. The van der Waals surface area contributed by atoms with Crippen LogP contribution in [0.1, 0.15) is 24.2 Å². The molecule has 1 aromatic heterocycles. The minimum absolute atomic E-state index is 0.651. The van der Waals surface area contributed by atoms with E-state index in [2.05, 4.69) is 52.7 Å². The molecule has 1 N–H and O–H groups in total. The summed E-state index contributed by atoms with van der Waals surface area (Å²) >= 11 is 0. The van der Waals surface area contributed by atoms with E-state index in [-0.39, 0.29) is 0 Å². The molecule has 2 aromatic carbocycles. The van der Waals surface area contributed by atoms with E-state index in [9.17, 15) is 0 Å². The Morgan fingerprint density at radius 2 is 1.95 bits per heavy atom. The van der Waals surface area contributed by atoms with Crippen LogP contribution in [0.15, 0.2) is 47.0 Å². The molecule has 0 aliphatic carbocycles. The molecule has 0 bridgehead atoms. The molecule has 0 spiro atoms. The molecule has 0 amide bonds. The summed E-state index contributed by atoms with van der Waals surface area (Å²) in [5.41, 5.74) is 1.18. The molecule has 0 unspecified atom stereocenters. The Bertz CT molecular complexity index is 706. The zero-order valence-corrected chi connectivity index (χ0v) is 11.5. The molecule has 0 saturated heterocycles. The maximum atomic E-state index is 5.28. The maximum Gasteiger partial charge on any atom is 0.231 e. The van der Waals surface area contributed by atoms with Gasteiger partial charge in [-0.3, -0.25) is 0 Å². The van der Waals surface area contributed by atoms with Crippen molar-refractivity contribution in [3.63, 3.8) is 0 Å². The Balaban J connectivity index is 1.76. The monoisotopic (exact) mass is 267 g/mol. The number of hydrogen-bond acceptors (Lipinski definition) is 4. The van der Waals surface area contributed by atoms with Crippen molar-refractivity contribution < 1.29 is 4.52 Å². The van der Waals surface area contributed by atoms with Crippen molar-refractivity contribution in [1.82, 2.24) is 15.5 Å². The zero-order chi connectivity index (χ0) is 13.8. The highest BCUT2D eigenvalue weighted by Crippen LogP contribution is 2.17. The molecule has 0 aliphatic heterocycles. The number of benzene rings is 2. The summed E-state index contributed by atoms with van der Waals surface area (Å²) in [6.45, 7) is 3.60. The van der Waals surface area contributed by atoms with Gasteiger partial charge in [0.1, 0.15) is 0 Å². The maximum absolute atomic E-state index is 5.28. The fourth-order valence-electron chi connectivity index (χ4n) is 2.19. The lowest BCUT2D eigenvalue weighted by molar-refractivity contribution is 0.378. The first-order chi connectivity index (χ1) is 9.85. The van der Waals surface area contributed by atoms with Crippen molar-refractivity contribution in [2.24, 2.45) is 0 Å². The van der Waals surface area contributed by atoms with Crippen LogP contribution in [-0.2, 0) is 13.0 Å². The van der Waals surface area contributed by atoms with E-state index in [0.29, 0.717) is 24.7 Å². The highest BCUT2D eigenvalue weighted by atomic mass is 16.5. The zero-order valence-electron chi connectivity index (χ0n) is 11.5. The van der Waals surface area contributed by atoms with Gasteiger partial charge in [0.05, 0.1) is 13.0 Å². The van der Waals surface area contributed by atoms with E-state index in [0.717, 1.165) is 6.54 Å². The van der Waals surface area contributed by atoms with Crippen molar-refractivity contribution in [2.75, 3.05) is 6.54 Å². The SMILES string of the molecule is CCNCc1noc(Cc2ccc3ccccc3c2)n1. The first-order valence-electron chi connectivity index (χ1n) is 6.85. The summed E-state index contributed by atoms with van der Waals surface area (Å²) in [5.74, 6) is 1.37. The van der Waals surface area contributed by atoms with Gasteiger partial charge in [-0.05, 0) is 22.9 Å². The average Bonchev–Trinajstić information content (AvgIpc) is 2.92. The van der Waals surface area contributed by atoms with Gasteiger partial charge < -0.3 is 9.84 Å². The quantitative estimate of drug-likeness (QED) is 0.772. The summed E-state index contributed by atoms with van der Waals surface area (Å²) in [4.78, 5) is 4.38. The number of rotatable bonds is 5. The summed E-state index contributed by atoms with van der Waals surface area (Å²) < 4.78 is 5.28. The van der Waals surface area contributed by atoms with Crippen molar-refractivity contribution in [2.45, 2.75) is 19.9 Å². The Hall–Kier alpha value is -2.20. The van der Waals surface area contributed by atoms with Crippen LogP contribution < -0.4 is 5.32 Å². The highest BCUT2D eigenvalue weighted by molar-refractivity contribution is 5.83. The van der Waals surface area contributed by atoms with Gasteiger partial charge >= 0.3 is 0 Å². The van der Waals surface area contributed by atoms with Crippen LogP contribution in [0, 0.1) is 0 Å². The van der Waals surface area contributed by atoms with E-state index in [4.69, 9.17) is 4.52 Å². The summed E-state index contributed by atoms with van der Waals surface area (Å²) in [5, 5.41) is 9.62. The summed E-state index contributed by atoms with van der Waals surface area (Å²) in [6.07, 6.45) is 0.671. The van der Waals surface area contributed by atoms with Gasteiger partial charge in [0.2, 0.25) is 5.89 Å². The second kappa shape index (κ2) is 5.84. The fourth-order valence-corrected chi connectivity index (χ4v) is 2.19. The highest BCUT2D eigenvalue weighted by Gasteiger charge is 2.07. The van der Waals surface area contributed by atoms with E-state index >= 15 is 0 Å². The molecule has 0 atom stereocenters. The minimum atomic E-state index is 0.651. The van der Waals surface area contributed by atoms with Crippen molar-refractivity contribution in [3.05, 3.63) is 59.7 Å². The number of aromatic nitrogens is 2. The third-order valence-electron chi connectivity index (χ3n) is 3.21. The lowest BCUT2D eigenvalue weighted by atomic mass is 10.1. The molecule has 4 heteroatoms. The van der Waals surface area contributed by atoms with Gasteiger partial charge in [0.25, 0.3) is 0 Å². The second-order valence-electron chi connectivity index (χ2n) is 4.74. The van der Waals surface area contributed by atoms with Gasteiger partial charge in [-0.15, -0.1) is 0 Å². The van der Waals surface area contributed by atoms with Crippen LogP contribution in [0.4, 0.5) is 0 Å². The van der Waals surface area contributed by atoms with E-state index in [1.165, 1.54) is 16.3 Å². The second-order valence-corrected chi connectivity index (χ2v) is 4.74. The average molecular weight is 267 g/mol. The third-order valence-corrected chi connectivity index (χ3v) is 3.21. The predicted octanol–water partition coefficient (Wildman–Crippen LogP) is 2.92. The smallest absolute Gasteiger partial charge is 0.231 e. The van der Waals surface area contributed by atoms with Gasteiger partial charge in [0.15, 0.2) is 5.82 Å². The Labute approximate surface area is 117 Å². The van der Waals surface area contributed by atoms with Crippen molar-refractivity contribution >= 4 is 10.8 Å². The minimum Gasteiger partial charge on any atom is -0.339 e. The lowest BCUT2D eigenvalue weighted by Crippen LogP contribution is -2.12. The number of nitrogens with zero attached hydrogens (tertiary/aromatic N) is 2. The lowest BCUT2D eigenvalue weighted by Gasteiger charge is -2.00. The van der Waals surface area contributed by atoms with E-state index in [1.54, 1.807) is 0 Å². The van der Waals surface area contributed by atoms with Crippen LogP contribution >= 0.6 is 0 Å². The number of hydrogen-bond donors (Lipinski definition) is 1. The Kier molecular flexibility index (Phi) is 3.74. The molecule has 3 rings (SSSR count). The first kappa shape index (κ1) is 12.8. The molecule has 0 saturated carbocycles. The predicted molar refractivity (Wildman–Crippen MR) is 78.4 cm³/mol. The largest absolute Gasteiger partial charge is 0.339 e. The van der Waals surface area contributed by atoms with E-state index in [1.807, 2.05) is 12.1 Å². The summed E-state index contributed by atoms with van der Waals surface area (Å²) in [7, 11) is 0. The molecule has 102 valence electrons. The van der Waals surface area contributed by atoms with Gasteiger partial charge in [0, 0.05) is 0 Å². The number of fused-ring (bicyclic) bond motifs is 1. The normalized spacial score (nSPS) is 11.1. The van der Waals surface area contributed by atoms with Crippen LogP contribution in [0.3, 0.4) is 0 Å². The Morgan fingerprint density at radius 1 is 1.10 bits per heavy atom. The van der Waals surface area contributed by atoms with Crippen molar-refractivity contribution in [1.29, 1.82) is 0 Å². The molecule has 20 heavy (non-hydrogen) atoms. The van der Waals surface area contributed by atoms with Crippen LogP contribution in [0.2, 0.25) is 0 Å². The number of nitrogens with one attached hydrogen (secondary N) is 1. The molecule has 0 aliphatic rings. The van der Waals surface area contributed by atoms with E-state index < -0.39 is 0 Å². The van der Waals surface area contributed by atoms with Crippen LogP contribution in [-0.4, -0.2) is 16.7 Å². The Morgan fingerprint density at radius 3 is 2.80 bits per heavy atom. The molecular formula is C16H17N3O. The molecule has 0 radical (unpaired) electrons. The molecule has 1 heterocycles. The first-order valence-corrected chi connectivity index (χ1v) is 6.85. The van der Waals surface area contributed by atoms with Gasteiger partial charge in [-0.1, -0.05) is 54.5 Å². The van der Waals surface area contributed by atoms with Gasteiger partial charge in [-0.25, -0.2) is 0 Å². The third kappa shape index (κ3) is 2.86. The molecule has 0 fully saturated rings. The topological polar surface area (TPSA) is 51.0 Å². The van der Waals surface area contributed by atoms with Gasteiger partial charge in [-0.2, -0.15) is 4.98 Å². The molecule has 4 nitrogen and oxygen atoms in total. The molecular weight excluding hydrogens is 250 g/mol. The van der Waals surface area contributed by atoms with Crippen molar-refractivity contribution in [3.8, 4) is 0 Å². The standard InChI is InChI=1S/C16H17N3O/c1-2-17-11-15-18-16(20-19-15)10-12-7-8-13-5-3-4-6-14(13)9-12/h3-9,17H,2,10-11H2,1H3. The van der Waals surface area contributed by atoms with Crippen LogP contribution in [0.5, 0.6) is 0 Å². The summed E-state index contributed by atoms with van der Waals surface area (Å²) in [6, 6.07) is 14.7. The van der Waals surface area contributed by atoms with Crippen LogP contribution in [0.25, 0.3) is 10.8 Å². The molecule has 3 aromatic rings.